The van der Waals surface area contributed by atoms with Crippen LogP contribution in [0.25, 0.3) is 0 Å². The molecule has 0 bridgehead atoms. The Morgan fingerprint density at radius 3 is 2.38 bits per heavy atom. The summed E-state index contributed by atoms with van der Waals surface area (Å²) in [5, 5.41) is 0. The van der Waals surface area contributed by atoms with E-state index in [0.29, 0.717) is 38.6 Å². The minimum Gasteiger partial charge on any atom is -0.458 e. The van der Waals surface area contributed by atoms with Crippen LogP contribution in [0.3, 0.4) is 0 Å². The predicted molar refractivity (Wildman–Crippen MR) is 162 cm³/mol. The van der Waals surface area contributed by atoms with Crippen LogP contribution in [0, 0.1) is 57.2 Å². The van der Waals surface area contributed by atoms with E-state index in [9.17, 15) is 4.79 Å². The first-order chi connectivity index (χ1) is 19.0. The third-order valence-corrected chi connectivity index (χ3v) is 14.5. The highest BCUT2D eigenvalue weighted by Crippen LogP contribution is 2.94. The standard InChI is InChI=1S/C36H52N2O2/c1-21(2)7-6-8-22(3)33-14-12-31-30-10-9-26-19-29(40-32(39)25-17-27(37)20-28(38)18-25)11-13-34(26)24(5)36(30,34)16-15-35(31,33)23(33)4/h9,17-18,20-24,29-31H,6-8,10-16,19,37-38H2,1-5H3. The summed E-state index contributed by atoms with van der Waals surface area (Å²) in [5.41, 5.74) is 17.1. The van der Waals surface area contributed by atoms with Crippen LogP contribution in [0.5, 0.6) is 0 Å². The Kier molecular flexibility index (Phi) is 5.90. The number of esters is 1. The van der Waals surface area contributed by atoms with Crippen molar-refractivity contribution >= 4 is 17.3 Å². The first-order valence-corrected chi connectivity index (χ1v) is 16.6. The zero-order valence-corrected chi connectivity index (χ0v) is 25.6. The maximum atomic E-state index is 13.0. The quantitative estimate of drug-likeness (QED) is 0.205. The average molecular weight is 545 g/mol. The fourth-order valence-corrected chi connectivity index (χ4v) is 13.1. The Bertz CT molecular complexity index is 1230. The number of carbonyl (C=O) groups is 1. The lowest BCUT2D eigenvalue weighted by Crippen LogP contribution is -2.44. The third kappa shape index (κ3) is 3.17. The van der Waals surface area contributed by atoms with Gasteiger partial charge in [0.25, 0.3) is 0 Å². The van der Waals surface area contributed by atoms with Gasteiger partial charge in [-0.05, 0) is 115 Å². The summed E-state index contributed by atoms with van der Waals surface area (Å²) in [7, 11) is 0. The number of benzene rings is 1. The molecule has 0 aromatic heterocycles. The molecule has 7 rings (SSSR count). The van der Waals surface area contributed by atoms with Crippen LogP contribution >= 0.6 is 0 Å². The van der Waals surface area contributed by atoms with Crippen LogP contribution in [0.1, 0.15) is 116 Å². The number of carbonyl (C=O) groups excluding carboxylic acids is 1. The largest absolute Gasteiger partial charge is 0.458 e. The van der Waals surface area contributed by atoms with Gasteiger partial charge in [0, 0.05) is 23.2 Å². The Morgan fingerprint density at radius 1 is 0.925 bits per heavy atom. The van der Waals surface area contributed by atoms with Crippen LogP contribution < -0.4 is 11.5 Å². The lowest BCUT2D eigenvalue weighted by atomic mass is 9.54. The van der Waals surface area contributed by atoms with E-state index in [0.717, 1.165) is 48.3 Å². The first-order valence-electron chi connectivity index (χ1n) is 16.6. The van der Waals surface area contributed by atoms with Crippen molar-refractivity contribution in [3.63, 3.8) is 0 Å². The van der Waals surface area contributed by atoms with Crippen LogP contribution in [0.15, 0.2) is 29.8 Å². The summed E-state index contributed by atoms with van der Waals surface area (Å²) in [6.07, 6.45) is 17.0. The van der Waals surface area contributed by atoms with E-state index in [1.807, 2.05) is 0 Å². The van der Waals surface area contributed by atoms with Crippen molar-refractivity contribution in [3.8, 4) is 0 Å². The molecule has 0 aliphatic heterocycles. The third-order valence-electron chi connectivity index (χ3n) is 14.5. The number of hydrogen-bond donors (Lipinski definition) is 2. The molecule has 5 saturated carbocycles. The Labute approximate surface area is 242 Å². The Morgan fingerprint density at radius 2 is 1.65 bits per heavy atom. The van der Waals surface area contributed by atoms with Crippen molar-refractivity contribution in [2.24, 2.45) is 57.2 Å². The minimum atomic E-state index is -0.292. The van der Waals surface area contributed by atoms with E-state index < -0.39 is 0 Å². The summed E-state index contributed by atoms with van der Waals surface area (Å²) in [5.74, 6) is 4.88. The summed E-state index contributed by atoms with van der Waals surface area (Å²) < 4.78 is 6.07. The number of rotatable bonds is 7. The molecule has 0 saturated heterocycles. The molecular weight excluding hydrogens is 492 g/mol. The maximum Gasteiger partial charge on any atom is 0.338 e. The second kappa shape index (κ2) is 8.77. The summed E-state index contributed by atoms with van der Waals surface area (Å²) in [6.45, 7) is 12.6. The van der Waals surface area contributed by atoms with Crippen molar-refractivity contribution in [2.75, 3.05) is 11.5 Å². The molecule has 10 unspecified atom stereocenters. The molecule has 4 heteroatoms. The van der Waals surface area contributed by atoms with Crippen molar-refractivity contribution in [3.05, 3.63) is 35.4 Å². The van der Waals surface area contributed by atoms with Gasteiger partial charge in [0.2, 0.25) is 0 Å². The van der Waals surface area contributed by atoms with Gasteiger partial charge in [0.15, 0.2) is 0 Å². The van der Waals surface area contributed by atoms with Crippen molar-refractivity contribution in [2.45, 2.75) is 111 Å². The number of nitrogens with two attached hydrogens (primary N) is 2. The van der Waals surface area contributed by atoms with Gasteiger partial charge in [-0.25, -0.2) is 4.79 Å². The first kappa shape index (κ1) is 26.9. The van der Waals surface area contributed by atoms with Gasteiger partial charge in [-0.2, -0.15) is 0 Å². The molecule has 5 fully saturated rings. The number of hydrogen-bond acceptors (Lipinski definition) is 4. The number of nitrogen functional groups attached to an aromatic ring is 2. The number of anilines is 2. The van der Waals surface area contributed by atoms with E-state index in [-0.39, 0.29) is 12.1 Å². The van der Waals surface area contributed by atoms with Crippen molar-refractivity contribution < 1.29 is 9.53 Å². The van der Waals surface area contributed by atoms with Gasteiger partial charge in [0.05, 0.1) is 5.56 Å². The lowest BCUT2D eigenvalue weighted by molar-refractivity contribution is -0.00199. The molecule has 0 heterocycles. The Balaban J connectivity index is 1.08. The molecule has 4 nitrogen and oxygen atoms in total. The lowest BCUT2D eigenvalue weighted by Gasteiger charge is -2.50. The summed E-state index contributed by atoms with van der Waals surface area (Å²) >= 11 is 0. The zero-order chi connectivity index (χ0) is 28.2. The SMILES string of the molecule is CC(C)CCCC(C)C12CCC3C4CC=C5CC(OC(=O)c6cc(N)cc(N)c6)CCC56C(C)C46CCC31C2C. The van der Waals surface area contributed by atoms with Gasteiger partial charge in [-0.3, -0.25) is 0 Å². The molecule has 0 amide bonds. The molecule has 1 aromatic rings. The van der Waals surface area contributed by atoms with Gasteiger partial charge in [0.1, 0.15) is 6.10 Å². The highest BCUT2D eigenvalue weighted by molar-refractivity contribution is 5.91. The van der Waals surface area contributed by atoms with E-state index in [2.05, 4.69) is 40.7 Å². The predicted octanol–water partition coefficient (Wildman–Crippen LogP) is 8.42. The second-order valence-electron chi connectivity index (χ2n) is 15.6. The van der Waals surface area contributed by atoms with Crippen LogP contribution in [-0.4, -0.2) is 12.1 Å². The topological polar surface area (TPSA) is 78.3 Å². The van der Waals surface area contributed by atoms with Gasteiger partial charge < -0.3 is 16.2 Å². The molecule has 10 atom stereocenters. The van der Waals surface area contributed by atoms with Crippen LogP contribution in [0.4, 0.5) is 11.4 Å². The van der Waals surface area contributed by atoms with E-state index in [1.165, 1.54) is 57.8 Å². The molecule has 4 N–H and O–H groups in total. The van der Waals surface area contributed by atoms with E-state index in [1.54, 1.807) is 23.8 Å². The number of allylic oxidation sites excluding steroid dienone is 1. The van der Waals surface area contributed by atoms with Crippen molar-refractivity contribution in [1.29, 1.82) is 0 Å². The molecule has 218 valence electrons. The maximum absolute atomic E-state index is 13.0. The minimum absolute atomic E-state index is 0.0439. The van der Waals surface area contributed by atoms with Gasteiger partial charge in [-0.15, -0.1) is 0 Å². The average Bonchev–Trinajstić information content (AvgIpc) is 3.53. The monoisotopic (exact) mass is 544 g/mol. The molecule has 0 radical (unpaired) electrons. The molecule has 6 aliphatic carbocycles. The normalized spacial score (nSPS) is 44.9. The number of ether oxygens (including phenoxy) is 1. The molecule has 3 spiro atoms. The highest BCUT2D eigenvalue weighted by Gasteiger charge is 2.88. The smallest absolute Gasteiger partial charge is 0.338 e. The highest BCUT2D eigenvalue weighted by atomic mass is 16.5. The fraction of sp³-hybridized carbons (Fsp3) is 0.750. The molecule has 6 aliphatic rings. The number of fused-ring (bicyclic) bond motifs is 1. The van der Waals surface area contributed by atoms with Crippen LogP contribution in [-0.2, 0) is 4.74 Å². The molecule has 40 heavy (non-hydrogen) atoms. The zero-order valence-electron chi connectivity index (χ0n) is 25.6. The summed E-state index contributed by atoms with van der Waals surface area (Å²) in [6, 6.07) is 5.03. The fourth-order valence-electron chi connectivity index (χ4n) is 13.1. The molecular formula is C36H52N2O2. The second-order valence-corrected chi connectivity index (χ2v) is 15.6. The summed E-state index contributed by atoms with van der Waals surface area (Å²) in [4.78, 5) is 13.0. The van der Waals surface area contributed by atoms with Gasteiger partial charge >= 0.3 is 5.97 Å². The van der Waals surface area contributed by atoms with E-state index in [4.69, 9.17) is 16.2 Å². The van der Waals surface area contributed by atoms with Crippen LogP contribution in [0.2, 0.25) is 0 Å². The Hall–Kier alpha value is -1.97. The van der Waals surface area contributed by atoms with Gasteiger partial charge in [-0.1, -0.05) is 65.5 Å². The van der Waals surface area contributed by atoms with E-state index >= 15 is 0 Å². The van der Waals surface area contributed by atoms with Crippen molar-refractivity contribution in [1.82, 2.24) is 0 Å². The molecule has 1 aromatic carbocycles.